The standard InChI is InChI=1S/C13H23BN2O4/c1-13(2,9-17)10-20-14(18)11-7-15-16(8-11)12-5-3-4-6-19-12/h7-8,12,17-18H,3-6,9-10H2,1-2H3. The van der Waals surface area contributed by atoms with Crippen LogP contribution in [0.1, 0.15) is 39.3 Å². The quantitative estimate of drug-likeness (QED) is 0.734. The summed E-state index contributed by atoms with van der Waals surface area (Å²) in [6.07, 6.45) is 6.46. The van der Waals surface area contributed by atoms with Gasteiger partial charge in [0.2, 0.25) is 0 Å². The highest BCUT2D eigenvalue weighted by Crippen LogP contribution is 2.20. The van der Waals surface area contributed by atoms with E-state index in [1.165, 1.54) is 0 Å². The molecule has 0 amide bonds. The van der Waals surface area contributed by atoms with Crippen LogP contribution in [0.2, 0.25) is 0 Å². The number of nitrogens with zero attached hydrogens (tertiary/aromatic N) is 2. The van der Waals surface area contributed by atoms with Crippen LogP contribution in [0, 0.1) is 5.41 Å². The van der Waals surface area contributed by atoms with E-state index < -0.39 is 7.12 Å². The van der Waals surface area contributed by atoms with E-state index in [0.29, 0.717) is 5.46 Å². The highest BCUT2D eigenvalue weighted by atomic mass is 16.5. The molecule has 1 aliphatic rings. The smallest absolute Gasteiger partial charge is 0.423 e. The Hall–Kier alpha value is -0.885. The summed E-state index contributed by atoms with van der Waals surface area (Å²) in [7, 11) is -1.03. The van der Waals surface area contributed by atoms with Gasteiger partial charge in [0, 0.05) is 36.5 Å². The Bertz CT molecular complexity index is 418. The predicted molar refractivity (Wildman–Crippen MR) is 75.5 cm³/mol. The summed E-state index contributed by atoms with van der Waals surface area (Å²) >= 11 is 0. The minimum atomic E-state index is -1.03. The fourth-order valence-corrected chi connectivity index (χ4v) is 2.02. The molecule has 1 aromatic heterocycles. The highest BCUT2D eigenvalue weighted by Gasteiger charge is 2.25. The second-order valence-electron chi connectivity index (χ2n) is 6.06. The first-order valence-electron chi connectivity index (χ1n) is 7.08. The van der Waals surface area contributed by atoms with Gasteiger partial charge in [0.05, 0.1) is 6.61 Å². The molecular weight excluding hydrogens is 259 g/mol. The molecule has 1 saturated heterocycles. The zero-order valence-electron chi connectivity index (χ0n) is 12.2. The Morgan fingerprint density at radius 2 is 2.35 bits per heavy atom. The van der Waals surface area contributed by atoms with Crippen molar-refractivity contribution in [1.29, 1.82) is 0 Å². The van der Waals surface area contributed by atoms with Crippen molar-refractivity contribution in [3.63, 3.8) is 0 Å². The number of aromatic nitrogens is 2. The van der Waals surface area contributed by atoms with Gasteiger partial charge in [-0.2, -0.15) is 5.10 Å². The molecule has 1 aliphatic heterocycles. The van der Waals surface area contributed by atoms with Crippen molar-refractivity contribution in [3.8, 4) is 0 Å². The number of hydrogen-bond donors (Lipinski definition) is 2. The Morgan fingerprint density at radius 3 is 3.00 bits per heavy atom. The number of hydrogen-bond acceptors (Lipinski definition) is 5. The van der Waals surface area contributed by atoms with Gasteiger partial charge in [0.1, 0.15) is 6.23 Å². The van der Waals surface area contributed by atoms with E-state index in [1.54, 1.807) is 17.1 Å². The first kappa shape index (κ1) is 15.5. The van der Waals surface area contributed by atoms with Gasteiger partial charge >= 0.3 is 7.12 Å². The van der Waals surface area contributed by atoms with E-state index in [2.05, 4.69) is 5.10 Å². The molecule has 0 radical (unpaired) electrons. The van der Waals surface area contributed by atoms with E-state index >= 15 is 0 Å². The molecule has 1 atom stereocenters. The Balaban J connectivity index is 1.90. The number of aliphatic hydroxyl groups is 1. The molecule has 1 fully saturated rings. The van der Waals surface area contributed by atoms with Crippen LogP contribution in [0.3, 0.4) is 0 Å². The number of aliphatic hydroxyl groups excluding tert-OH is 1. The minimum Gasteiger partial charge on any atom is -0.423 e. The molecule has 0 spiro atoms. The summed E-state index contributed by atoms with van der Waals surface area (Å²) in [6, 6.07) is 0. The molecule has 1 aromatic rings. The zero-order valence-corrected chi connectivity index (χ0v) is 12.2. The first-order valence-corrected chi connectivity index (χ1v) is 7.08. The normalized spacial score (nSPS) is 20.1. The number of ether oxygens (including phenoxy) is 1. The third-order valence-corrected chi connectivity index (χ3v) is 3.42. The second kappa shape index (κ2) is 6.71. The van der Waals surface area contributed by atoms with Crippen LogP contribution in [-0.4, -0.2) is 46.9 Å². The van der Waals surface area contributed by atoms with Gasteiger partial charge < -0.3 is 19.5 Å². The molecule has 0 bridgehead atoms. The van der Waals surface area contributed by atoms with E-state index in [0.717, 1.165) is 25.9 Å². The summed E-state index contributed by atoms with van der Waals surface area (Å²) < 4.78 is 12.8. The van der Waals surface area contributed by atoms with Crippen LogP contribution in [-0.2, 0) is 9.39 Å². The van der Waals surface area contributed by atoms with Crippen LogP contribution in [0.15, 0.2) is 12.4 Å². The van der Waals surface area contributed by atoms with E-state index in [9.17, 15) is 5.02 Å². The monoisotopic (exact) mass is 282 g/mol. The van der Waals surface area contributed by atoms with E-state index in [4.69, 9.17) is 14.5 Å². The molecule has 0 aromatic carbocycles. The van der Waals surface area contributed by atoms with Crippen molar-refractivity contribution in [1.82, 2.24) is 9.78 Å². The SMILES string of the molecule is CC(C)(CO)COB(O)c1cnn(C2CCCCO2)c1. The van der Waals surface area contributed by atoms with Crippen LogP contribution < -0.4 is 5.46 Å². The van der Waals surface area contributed by atoms with Crippen LogP contribution >= 0.6 is 0 Å². The minimum absolute atomic E-state index is 0.00883. The zero-order chi connectivity index (χ0) is 14.6. The van der Waals surface area contributed by atoms with Crippen LogP contribution in [0.5, 0.6) is 0 Å². The average molecular weight is 282 g/mol. The summed E-state index contributed by atoms with van der Waals surface area (Å²) in [4.78, 5) is 0. The average Bonchev–Trinajstić information content (AvgIpc) is 2.96. The van der Waals surface area contributed by atoms with Crippen molar-refractivity contribution in [2.24, 2.45) is 5.41 Å². The molecule has 7 heteroatoms. The Kier molecular flexibility index (Phi) is 5.20. The van der Waals surface area contributed by atoms with Gasteiger partial charge in [-0.3, -0.25) is 0 Å². The summed E-state index contributed by atoms with van der Waals surface area (Å²) in [5, 5.41) is 23.4. The first-order chi connectivity index (χ1) is 9.52. The maximum absolute atomic E-state index is 9.99. The summed E-state index contributed by atoms with van der Waals surface area (Å²) in [5.74, 6) is 0. The molecule has 2 N–H and O–H groups in total. The van der Waals surface area contributed by atoms with Crippen molar-refractivity contribution in [2.45, 2.75) is 39.3 Å². The van der Waals surface area contributed by atoms with Gasteiger partial charge in [-0.1, -0.05) is 13.8 Å². The van der Waals surface area contributed by atoms with Gasteiger partial charge in [0.25, 0.3) is 0 Å². The molecule has 0 aliphatic carbocycles. The maximum Gasteiger partial charge on any atom is 0.494 e. The van der Waals surface area contributed by atoms with E-state index in [1.807, 2.05) is 13.8 Å². The van der Waals surface area contributed by atoms with Gasteiger partial charge in [-0.15, -0.1) is 0 Å². The number of rotatable bonds is 6. The molecule has 2 rings (SSSR count). The molecule has 2 heterocycles. The highest BCUT2D eigenvalue weighted by molar-refractivity contribution is 6.59. The third-order valence-electron chi connectivity index (χ3n) is 3.42. The lowest BCUT2D eigenvalue weighted by atomic mass is 9.81. The van der Waals surface area contributed by atoms with Gasteiger partial charge in [-0.05, 0) is 19.3 Å². The topological polar surface area (TPSA) is 76.7 Å². The fourth-order valence-electron chi connectivity index (χ4n) is 2.02. The summed E-state index contributed by atoms with van der Waals surface area (Å²) in [5.41, 5.74) is 0.233. The van der Waals surface area contributed by atoms with Crippen LogP contribution in [0.4, 0.5) is 0 Å². The molecule has 1 unspecified atom stereocenters. The third kappa shape index (κ3) is 4.05. The van der Waals surface area contributed by atoms with Crippen molar-refractivity contribution in [2.75, 3.05) is 19.8 Å². The second-order valence-corrected chi connectivity index (χ2v) is 6.06. The van der Waals surface area contributed by atoms with Crippen LogP contribution in [0.25, 0.3) is 0 Å². The van der Waals surface area contributed by atoms with Gasteiger partial charge in [0.15, 0.2) is 0 Å². The largest absolute Gasteiger partial charge is 0.494 e. The van der Waals surface area contributed by atoms with E-state index in [-0.39, 0.29) is 24.9 Å². The fraction of sp³-hybridized carbons (Fsp3) is 0.769. The van der Waals surface area contributed by atoms with Crippen molar-refractivity contribution in [3.05, 3.63) is 12.4 Å². The summed E-state index contributed by atoms with van der Waals surface area (Å²) in [6.45, 7) is 4.78. The lowest BCUT2D eigenvalue weighted by Crippen LogP contribution is -2.37. The lowest BCUT2D eigenvalue weighted by molar-refractivity contribution is -0.0394. The Labute approximate surface area is 119 Å². The van der Waals surface area contributed by atoms with Gasteiger partial charge in [-0.25, -0.2) is 4.68 Å². The van der Waals surface area contributed by atoms with Crippen molar-refractivity contribution >= 4 is 12.6 Å². The molecule has 112 valence electrons. The molecule has 20 heavy (non-hydrogen) atoms. The lowest BCUT2D eigenvalue weighted by Gasteiger charge is -2.23. The molecule has 6 nitrogen and oxygen atoms in total. The molecular formula is C13H23BN2O4. The van der Waals surface area contributed by atoms with Crippen molar-refractivity contribution < 1.29 is 19.5 Å². The molecule has 0 saturated carbocycles. The Morgan fingerprint density at radius 1 is 1.55 bits per heavy atom. The predicted octanol–water partition coefficient (Wildman–Crippen LogP) is 0.305. The maximum atomic E-state index is 9.99.